The first kappa shape index (κ1) is 14.2. The van der Waals surface area contributed by atoms with Gasteiger partial charge in [-0.15, -0.1) is 0 Å². The van der Waals surface area contributed by atoms with E-state index in [0.717, 1.165) is 0 Å². The van der Waals surface area contributed by atoms with E-state index in [1.54, 1.807) is 12.1 Å². The predicted molar refractivity (Wildman–Crippen MR) is 60.0 cm³/mol. The Morgan fingerprint density at radius 1 is 1.21 bits per heavy atom. The van der Waals surface area contributed by atoms with Gasteiger partial charge in [0.05, 0.1) is 5.52 Å². The van der Waals surface area contributed by atoms with Crippen LogP contribution in [0.3, 0.4) is 0 Å². The van der Waals surface area contributed by atoms with Crippen LogP contribution in [0.2, 0.25) is 0 Å². The van der Waals surface area contributed by atoms with Crippen LogP contribution in [0.4, 0.5) is 22.0 Å². The third-order valence-electron chi connectivity index (χ3n) is 2.51. The third kappa shape index (κ3) is 2.70. The van der Waals surface area contributed by atoms with Crippen LogP contribution in [0.5, 0.6) is 0 Å². The molecule has 0 aliphatic rings. The Kier molecular flexibility index (Phi) is 3.50. The van der Waals surface area contributed by atoms with Crippen molar-refractivity contribution in [3.8, 4) is 0 Å². The molecular weight excluding hydrogens is 337 g/mol. The van der Waals surface area contributed by atoms with Crippen molar-refractivity contribution >= 4 is 21.4 Å². The number of hydrogen-bond acceptors (Lipinski definition) is 2. The second-order valence-electron chi connectivity index (χ2n) is 3.84. The molecule has 0 amide bonds. The number of fused-ring (bicyclic) bond motifs is 1. The number of alkyl halides is 5. The van der Waals surface area contributed by atoms with Crippen molar-refractivity contribution in [3.05, 3.63) is 28.8 Å². The van der Waals surface area contributed by atoms with E-state index in [-0.39, 0.29) is 5.82 Å². The van der Waals surface area contributed by atoms with Gasteiger partial charge < -0.3 is 0 Å². The van der Waals surface area contributed by atoms with E-state index in [1.807, 2.05) is 0 Å². The van der Waals surface area contributed by atoms with Gasteiger partial charge in [0.2, 0.25) is 0 Å². The Balaban J connectivity index is 2.24. The molecule has 0 atom stereocenters. The second kappa shape index (κ2) is 4.69. The molecule has 0 N–H and O–H groups in total. The number of halogens is 6. The zero-order valence-electron chi connectivity index (χ0n) is 9.26. The van der Waals surface area contributed by atoms with Gasteiger partial charge in [-0.2, -0.15) is 27.1 Å². The van der Waals surface area contributed by atoms with E-state index in [1.165, 1.54) is 10.7 Å². The topological polar surface area (TPSA) is 30.2 Å². The van der Waals surface area contributed by atoms with Crippen molar-refractivity contribution in [2.45, 2.75) is 24.9 Å². The van der Waals surface area contributed by atoms with Crippen LogP contribution in [0.25, 0.3) is 5.52 Å². The molecule has 0 fully saturated rings. The molecule has 2 heterocycles. The van der Waals surface area contributed by atoms with Crippen LogP contribution in [-0.2, 0) is 6.42 Å². The van der Waals surface area contributed by atoms with Crippen LogP contribution < -0.4 is 0 Å². The molecule has 0 aliphatic heterocycles. The molecule has 0 radical (unpaired) electrons. The summed E-state index contributed by atoms with van der Waals surface area (Å²) in [5, 5.41) is 3.86. The predicted octanol–water partition coefficient (Wildman–Crippen LogP) is 3.62. The number of rotatable bonds is 3. The highest BCUT2D eigenvalue weighted by Crippen LogP contribution is 2.38. The molecule has 2 aromatic heterocycles. The molecule has 0 aliphatic carbocycles. The summed E-state index contributed by atoms with van der Waals surface area (Å²) >= 11 is 3.10. The molecule has 0 saturated heterocycles. The normalized spacial score (nSPS) is 13.2. The highest BCUT2D eigenvalue weighted by atomic mass is 79.9. The van der Waals surface area contributed by atoms with Crippen molar-refractivity contribution in [3.63, 3.8) is 0 Å². The van der Waals surface area contributed by atoms with Crippen molar-refractivity contribution in [2.75, 3.05) is 0 Å². The maximum Gasteiger partial charge on any atom is 0.453 e. The van der Waals surface area contributed by atoms with Crippen LogP contribution in [-0.4, -0.2) is 26.7 Å². The second-order valence-corrected chi connectivity index (χ2v) is 4.59. The minimum atomic E-state index is -5.55. The van der Waals surface area contributed by atoms with Crippen molar-refractivity contribution in [1.29, 1.82) is 0 Å². The number of imidazole rings is 1. The van der Waals surface area contributed by atoms with Gasteiger partial charge in [-0.1, -0.05) is 0 Å². The highest BCUT2D eigenvalue weighted by Gasteiger charge is 2.56. The Bertz CT molecular complexity index is 592. The molecule has 0 aromatic carbocycles. The van der Waals surface area contributed by atoms with Gasteiger partial charge in [-0.05, 0) is 28.1 Å². The third-order valence-corrected chi connectivity index (χ3v) is 3.09. The maximum absolute atomic E-state index is 12.8. The summed E-state index contributed by atoms with van der Waals surface area (Å²) in [7, 11) is 0. The van der Waals surface area contributed by atoms with Gasteiger partial charge in [-0.3, -0.25) is 0 Å². The van der Waals surface area contributed by atoms with E-state index >= 15 is 0 Å². The van der Waals surface area contributed by atoms with Crippen molar-refractivity contribution in [1.82, 2.24) is 14.6 Å². The number of aryl methyl sites for hydroxylation is 1. The first-order valence-corrected chi connectivity index (χ1v) is 5.94. The van der Waals surface area contributed by atoms with E-state index < -0.39 is 24.9 Å². The quantitative estimate of drug-likeness (QED) is 0.797. The lowest BCUT2D eigenvalue weighted by atomic mass is 10.1. The summed E-state index contributed by atoms with van der Waals surface area (Å²) in [6, 6.07) is 3.23. The molecule has 104 valence electrons. The molecule has 2 rings (SSSR count). The van der Waals surface area contributed by atoms with Crippen LogP contribution in [0.15, 0.2) is 22.9 Å². The van der Waals surface area contributed by atoms with Gasteiger partial charge in [0.25, 0.3) is 0 Å². The highest BCUT2D eigenvalue weighted by molar-refractivity contribution is 9.10. The van der Waals surface area contributed by atoms with E-state index in [2.05, 4.69) is 26.0 Å². The first-order valence-electron chi connectivity index (χ1n) is 5.15. The summed E-state index contributed by atoms with van der Waals surface area (Å²) in [6.45, 7) is 0. The van der Waals surface area contributed by atoms with Crippen LogP contribution >= 0.6 is 15.9 Å². The molecule has 0 unspecified atom stereocenters. The zero-order chi connectivity index (χ0) is 14.3. The average Bonchev–Trinajstić information content (AvgIpc) is 2.63. The van der Waals surface area contributed by atoms with Gasteiger partial charge in [0.15, 0.2) is 0 Å². The Morgan fingerprint density at radius 3 is 2.53 bits per heavy atom. The minimum Gasteiger partial charge on any atom is -0.224 e. The standard InChI is InChI=1S/C10H7BrF5N3/c11-8-6-2-1-5-17-19(6)7(18-8)3-4-9(12,13)10(14,15)16/h1-2,5H,3-4H2. The van der Waals surface area contributed by atoms with Crippen molar-refractivity contribution in [2.24, 2.45) is 0 Å². The van der Waals surface area contributed by atoms with Crippen LogP contribution in [0.1, 0.15) is 12.2 Å². The Hall–Kier alpha value is -1.25. The monoisotopic (exact) mass is 343 g/mol. The molecule has 0 spiro atoms. The Morgan fingerprint density at radius 2 is 1.89 bits per heavy atom. The fourth-order valence-corrected chi connectivity index (χ4v) is 2.03. The summed E-state index contributed by atoms with van der Waals surface area (Å²) in [5.74, 6) is -4.69. The molecule has 19 heavy (non-hydrogen) atoms. The van der Waals surface area contributed by atoms with Gasteiger partial charge in [0.1, 0.15) is 10.4 Å². The van der Waals surface area contributed by atoms with Gasteiger partial charge in [0, 0.05) is 19.0 Å². The number of hydrogen-bond donors (Lipinski definition) is 0. The SMILES string of the molecule is FC(F)(F)C(F)(F)CCc1nc(Br)c2cccnn12. The molecule has 0 saturated carbocycles. The lowest BCUT2D eigenvalue weighted by Crippen LogP contribution is -2.36. The first-order chi connectivity index (χ1) is 8.72. The van der Waals surface area contributed by atoms with E-state index in [4.69, 9.17) is 0 Å². The van der Waals surface area contributed by atoms with E-state index in [9.17, 15) is 22.0 Å². The van der Waals surface area contributed by atoms with Crippen LogP contribution in [0, 0.1) is 0 Å². The zero-order valence-corrected chi connectivity index (χ0v) is 10.8. The lowest BCUT2D eigenvalue weighted by Gasteiger charge is -2.18. The van der Waals surface area contributed by atoms with Gasteiger partial charge >= 0.3 is 12.1 Å². The average molecular weight is 344 g/mol. The molecule has 9 heteroatoms. The van der Waals surface area contributed by atoms with Crippen molar-refractivity contribution < 1.29 is 22.0 Å². The number of nitrogens with zero attached hydrogens (tertiary/aromatic N) is 3. The van der Waals surface area contributed by atoms with E-state index in [0.29, 0.717) is 10.1 Å². The molecule has 2 aromatic rings. The lowest BCUT2D eigenvalue weighted by molar-refractivity contribution is -0.284. The van der Waals surface area contributed by atoms with Gasteiger partial charge in [-0.25, -0.2) is 9.50 Å². The molecular formula is C10H7BrF5N3. The molecule has 0 bridgehead atoms. The largest absolute Gasteiger partial charge is 0.453 e. The fourth-order valence-electron chi connectivity index (χ4n) is 1.52. The fraction of sp³-hybridized carbons (Fsp3) is 0.400. The smallest absolute Gasteiger partial charge is 0.224 e. The minimum absolute atomic E-state index is 0.0476. The number of aromatic nitrogens is 3. The summed E-state index contributed by atoms with van der Waals surface area (Å²) in [6.07, 6.45) is -6.05. The molecule has 3 nitrogen and oxygen atoms in total. The Labute approximate surface area is 112 Å². The summed E-state index contributed by atoms with van der Waals surface area (Å²) < 4.78 is 63.4. The summed E-state index contributed by atoms with van der Waals surface area (Å²) in [4.78, 5) is 3.89. The maximum atomic E-state index is 12.8. The summed E-state index contributed by atoms with van der Waals surface area (Å²) in [5.41, 5.74) is 0.507.